The number of rotatable bonds is 4. The second kappa shape index (κ2) is 7.71. The van der Waals surface area contributed by atoms with Crippen LogP contribution in [0.2, 0.25) is 0 Å². The fraction of sp³-hybridized carbons (Fsp3) is 0.346. The molecule has 0 spiro atoms. The number of quaternary nitrogens is 1. The number of aromatic nitrogens is 1. The van der Waals surface area contributed by atoms with Crippen molar-refractivity contribution >= 4 is 16.6 Å². The lowest BCUT2D eigenvalue weighted by molar-refractivity contribution is -0.137. The van der Waals surface area contributed by atoms with Gasteiger partial charge in [-0.05, 0) is 35.7 Å². The molecule has 0 saturated carbocycles. The Labute approximate surface area is 185 Å². The standard InChI is InChI=1S/C26H26F3N2O/c1-2-17-16-31(20-7-5-6-19(15-20)26(27,28)29)13-11-18(17)14-24(31)25(32)22-10-12-30-23-9-4-3-8-21(22)23/h2-10,12,15,17-18,24-25,32H,1,11,13-14,16H2/q+1/t17-,18-,24+,25-,31-/m0/s1. The Balaban J connectivity index is 1.63. The van der Waals surface area contributed by atoms with Crippen LogP contribution in [0.4, 0.5) is 18.9 Å². The summed E-state index contributed by atoms with van der Waals surface area (Å²) in [5.41, 5.74) is 1.56. The Bertz CT molecular complexity index is 1160. The number of aliphatic hydroxyl groups excluding tert-OH is 1. The zero-order valence-corrected chi connectivity index (χ0v) is 17.7. The van der Waals surface area contributed by atoms with E-state index < -0.39 is 17.8 Å². The summed E-state index contributed by atoms with van der Waals surface area (Å²) < 4.78 is 40.9. The molecular formula is C26H26F3N2O+. The average molecular weight is 440 g/mol. The third-order valence-corrected chi connectivity index (χ3v) is 7.58. The number of para-hydroxylation sites is 1. The van der Waals surface area contributed by atoms with Gasteiger partial charge in [-0.3, -0.25) is 9.47 Å². The van der Waals surface area contributed by atoms with E-state index in [-0.39, 0.29) is 12.0 Å². The Hall–Kier alpha value is -2.70. The minimum Gasteiger partial charge on any atom is -0.382 e. The first-order valence-electron chi connectivity index (χ1n) is 11.0. The van der Waals surface area contributed by atoms with Gasteiger partial charge in [0, 0.05) is 36.4 Å². The summed E-state index contributed by atoms with van der Waals surface area (Å²) in [4.78, 5) is 4.40. The highest BCUT2D eigenvalue weighted by Crippen LogP contribution is 2.50. The molecule has 0 unspecified atom stereocenters. The quantitative estimate of drug-likeness (QED) is 0.406. The second-order valence-electron chi connectivity index (χ2n) is 9.10. The normalized spacial score (nSPS) is 28.6. The highest BCUT2D eigenvalue weighted by atomic mass is 19.4. The van der Waals surface area contributed by atoms with Crippen LogP contribution in [0.5, 0.6) is 0 Å². The van der Waals surface area contributed by atoms with Gasteiger partial charge in [0.2, 0.25) is 0 Å². The molecule has 3 saturated heterocycles. The van der Waals surface area contributed by atoms with Gasteiger partial charge in [0.1, 0.15) is 17.8 Å². The summed E-state index contributed by atoms with van der Waals surface area (Å²) in [6.07, 6.45) is 0.0621. The van der Waals surface area contributed by atoms with Crippen LogP contribution in [0, 0.1) is 11.8 Å². The van der Waals surface area contributed by atoms with E-state index in [2.05, 4.69) is 11.6 Å². The minimum absolute atomic E-state index is 0.218. The number of pyridine rings is 1. The van der Waals surface area contributed by atoms with Crippen LogP contribution in [-0.4, -0.2) is 29.2 Å². The fourth-order valence-electron chi connectivity index (χ4n) is 5.97. The van der Waals surface area contributed by atoms with E-state index in [9.17, 15) is 18.3 Å². The summed E-state index contributed by atoms with van der Waals surface area (Å²) in [5, 5.41) is 12.6. The van der Waals surface area contributed by atoms with E-state index in [0.29, 0.717) is 29.2 Å². The molecule has 4 heterocycles. The molecule has 6 heteroatoms. The van der Waals surface area contributed by atoms with E-state index in [1.54, 1.807) is 12.3 Å². The molecule has 3 aliphatic rings. The van der Waals surface area contributed by atoms with Crippen molar-refractivity contribution in [1.82, 2.24) is 9.47 Å². The molecule has 3 aromatic rings. The third-order valence-electron chi connectivity index (χ3n) is 7.58. The van der Waals surface area contributed by atoms with Gasteiger partial charge in [-0.1, -0.05) is 30.3 Å². The van der Waals surface area contributed by atoms with E-state index in [1.807, 2.05) is 36.4 Å². The van der Waals surface area contributed by atoms with E-state index in [4.69, 9.17) is 0 Å². The third kappa shape index (κ3) is 3.33. The highest BCUT2D eigenvalue weighted by Gasteiger charge is 2.55. The molecule has 1 aromatic heterocycles. The lowest BCUT2D eigenvalue weighted by Gasteiger charge is -2.57. The maximum atomic E-state index is 13.5. The smallest absolute Gasteiger partial charge is 0.382 e. The number of piperidine rings is 3. The molecule has 1 N–H and O–H groups in total. The van der Waals surface area contributed by atoms with Gasteiger partial charge in [0.05, 0.1) is 24.2 Å². The number of benzene rings is 2. The zero-order chi connectivity index (χ0) is 22.5. The average Bonchev–Trinajstić information content (AvgIpc) is 2.83. The first-order valence-corrected chi connectivity index (χ1v) is 11.0. The molecular weight excluding hydrogens is 413 g/mol. The maximum Gasteiger partial charge on any atom is 0.416 e. The highest BCUT2D eigenvalue weighted by molar-refractivity contribution is 5.82. The molecule has 5 atom stereocenters. The van der Waals surface area contributed by atoms with E-state index in [1.165, 1.54) is 12.1 Å². The summed E-state index contributed by atoms with van der Waals surface area (Å²) in [5.74, 6) is 0.599. The SMILES string of the molecule is C=C[C@H]1C[N@+]2(c3cccc(C(F)(F)F)c3)CC[C@H]1C[C@@H]2[C@@H](O)c1ccnc2ccccc12. The molecule has 3 fully saturated rings. The van der Waals surface area contributed by atoms with E-state index in [0.717, 1.165) is 35.4 Å². The van der Waals surface area contributed by atoms with Crippen molar-refractivity contribution in [2.75, 3.05) is 13.1 Å². The molecule has 32 heavy (non-hydrogen) atoms. The number of alkyl halides is 3. The van der Waals surface area contributed by atoms with Gasteiger partial charge >= 0.3 is 6.18 Å². The van der Waals surface area contributed by atoms with Crippen molar-refractivity contribution < 1.29 is 18.3 Å². The van der Waals surface area contributed by atoms with Gasteiger partial charge < -0.3 is 5.11 Å². The number of aliphatic hydroxyl groups is 1. The van der Waals surface area contributed by atoms with Crippen LogP contribution in [0.1, 0.15) is 30.1 Å². The topological polar surface area (TPSA) is 33.1 Å². The van der Waals surface area contributed by atoms with Gasteiger partial charge in [0.15, 0.2) is 0 Å². The maximum absolute atomic E-state index is 13.5. The molecule has 6 rings (SSSR count). The van der Waals surface area contributed by atoms with Crippen molar-refractivity contribution in [1.29, 1.82) is 0 Å². The van der Waals surface area contributed by atoms with Crippen LogP contribution < -0.4 is 4.48 Å². The molecule has 166 valence electrons. The van der Waals surface area contributed by atoms with Gasteiger partial charge in [-0.15, -0.1) is 6.58 Å². The number of halogens is 3. The van der Waals surface area contributed by atoms with Crippen LogP contribution in [-0.2, 0) is 6.18 Å². The van der Waals surface area contributed by atoms with Crippen molar-refractivity contribution in [3.05, 3.63) is 84.6 Å². The first kappa shape index (κ1) is 21.2. The number of nitrogens with zero attached hydrogens (tertiary/aromatic N) is 2. The Morgan fingerprint density at radius 3 is 2.72 bits per heavy atom. The second-order valence-corrected chi connectivity index (χ2v) is 9.10. The Morgan fingerprint density at radius 2 is 1.94 bits per heavy atom. The van der Waals surface area contributed by atoms with Crippen molar-refractivity contribution in [2.24, 2.45) is 11.8 Å². The lowest BCUT2D eigenvalue weighted by Crippen LogP contribution is -2.69. The van der Waals surface area contributed by atoms with Gasteiger partial charge in [0.25, 0.3) is 0 Å². The summed E-state index contributed by atoms with van der Waals surface area (Å²) in [7, 11) is 0. The number of hydrogen-bond acceptors (Lipinski definition) is 2. The molecule has 2 bridgehead atoms. The summed E-state index contributed by atoms with van der Waals surface area (Å²) >= 11 is 0. The van der Waals surface area contributed by atoms with Crippen molar-refractivity contribution in [3.63, 3.8) is 0 Å². The number of hydrogen-bond donors (Lipinski definition) is 1. The van der Waals surface area contributed by atoms with Gasteiger partial charge in [-0.2, -0.15) is 13.2 Å². The van der Waals surface area contributed by atoms with Crippen LogP contribution in [0.15, 0.2) is 73.4 Å². The van der Waals surface area contributed by atoms with E-state index >= 15 is 0 Å². The molecule has 3 aliphatic heterocycles. The van der Waals surface area contributed by atoms with Crippen LogP contribution in [0.3, 0.4) is 0 Å². The Morgan fingerprint density at radius 1 is 1.12 bits per heavy atom. The van der Waals surface area contributed by atoms with Crippen molar-refractivity contribution in [3.8, 4) is 0 Å². The van der Waals surface area contributed by atoms with Crippen molar-refractivity contribution in [2.45, 2.75) is 31.2 Å². The minimum atomic E-state index is -4.41. The largest absolute Gasteiger partial charge is 0.416 e. The molecule has 2 aromatic carbocycles. The molecule has 0 aliphatic carbocycles. The van der Waals surface area contributed by atoms with Gasteiger partial charge in [-0.25, -0.2) is 0 Å². The summed E-state index contributed by atoms with van der Waals surface area (Å²) in [6.45, 7) is 5.36. The Kier molecular flexibility index (Phi) is 5.10. The lowest BCUT2D eigenvalue weighted by atomic mass is 9.71. The van der Waals surface area contributed by atoms with Crippen LogP contribution in [0.25, 0.3) is 10.9 Å². The molecule has 3 nitrogen and oxygen atoms in total. The van der Waals surface area contributed by atoms with Crippen LogP contribution >= 0.6 is 0 Å². The monoisotopic (exact) mass is 439 g/mol. The molecule has 0 amide bonds. The molecule has 0 radical (unpaired) electrons. The predicted octanol–water partition coefficient (Wildman–Crippen LogP) is 5.89. The summed E-state index contributed by atoms with van der Waals surface area (Å²) in [6, 6.07) is 14.9. The fourth-order valence-corrected chi connectivity index (χ4v) is 5.97. The first-order chi connectivity index (χ1) is 15.3. The predicted molar refractivity (Wildman–Crippen MR) is 120 cm³/mol. The zero-order valence-electron chi connectivity index (χ0n) is 17.7. The number of fused-ring (bicyclic) bond motifs is 4.